The normalized spacial score (nSPS) is 26.5. The molecule has 0 aliphatic heterocycles. The van der Waals surface area contributed by atoms with E-state index in [2.05, 4.69) is 13.8 Å². The highest BCUT2D eigenvalue weighted by atomic mass is 35.5. The predicted octanol–water partition coefficient (Wildman–Crippen LogP) is 10.3. The molecule has 242 valence electrons. The van der Waals surface area contributed by atoms with Gasteiger partial charge < -0.3 is 5.11 Å². The van der Waals surface area contributed by atoms with E-state index in [0.717, 1.165) is 18.4 Å². The Morgan fingerprint density at radius 1 is 1.09 bits per heavy atom. The highest BCUT2D eigenvalue weighted by molar-refractivity contribution is 6.39. The zero-order valence-corrected chi connectivity index (χ0v) is 27.4. The maximum atomic E-state index is 14.7. The van der Waals surface area contributed by atoms with Gasteiger partial charge in [0.15, 0.2) is 11.6 Å². The number of rotatable bonds is 11. The topological polar surface area (TPSA) is 71.4 Å². The predicted molar refractivity (Wildman–Crippen MR) is 167 cm³/mol. The van der Waals surface area contributed by atoms with Crippen molar-refractivity contribution in [1.82, 2.24) is 0 Å². The number of aliphatic carboxylic acids is 1. The zero-order chi connectivity index (χ0) is 32.6. The van der Waals surface area contributed by atoms with Crippen LogP contribution in [0.1, 0.15) is 102 Å². The molecular formula is C35H43Cl2F3O4. The molecule has 0 aromatic heterocycles. The molecule has 0 heterocycles. The van der Waals surface area contributed by atoms with Crippen molar-refractivity contribution < 1.29 is 32.7 Å². The van der Waals surface area contributed by atoms with Crippen LogP contribution in [0.3, 0.4) is 0 Å². The van der Waals surface area contributed by atoms with Crippen LogP contribution in [0.15, 0.2) is 41.0 Å². The van der Waals surface area contributed by atoms with Gasteiger partial charge in [0, 0.05) is 23.5 Å². The third-order valence-corrected chi connectivity index (χ3v) is 10.9. The van der Waals surface area contributed by atoms with Crippen LogP contribution in [0.25, 0.3) is 0 Å². The number of carbonyl (C=O) groups excluding carboxylic acids is 2. The van der Waals surface area contributed by atoms with E-state index >= 15 is 0 Å². The molecule has 44 heavy (non-hydrogen) atoms. The number of hydrogen-bond acceptors (Lipinski definition) is 3. The first-order chi connectivity index (χ1) is 20.5. The zero-order valence-electron chi connectivity index (χ0n) is 25.9. The van der Waals surface area contributed by atoms with E-state index in [1.807, 2.05) is 13.8 Å². The second-order valence-corrected chi connectivity index (χ2v) is 14.9. The second-order valence-electron chi connectivity index (χ2n) is 14.1. The Labute approximate surface area is 268 Å². The lowest BCUT2D eigenvalue weighted by Gasteiger charge is -2.43. The van der Waals surface area contributed by atoms with Crippen LogP contribution >= 0.6 is 23.2 Å². The Hall–Kier alpha value is -2.12. The van der Waals surface area contributed by atoms with Gasteiger partial charge in [-0.1, -0.05) is 68.6 Å². The molecule has 5 atom stereocenters. The van der Waals surface area contributed by atoms with Crippen molar-refractivity contribution in [2.45, 2.75) is 98.1 Å². The van der Waals surface area contributed by atoms with Crippen LogP contribution in [-0.4, -0.2) is 28.8 Å². The van der Waals surface area contributed by atoms with E-state index in [0.29, 0.717) is 44.4 Å². The molecule has 9 heteroatoms. The maximum Gasteiger partial charge on any atom is 0.413 e. The molecule has 1 aromatic rings. The van der Waals surface area contributed by atoms with Gasteiger partial charge in [0.05, 0.1) is 21.5 Å². The molecular weight excluding hydrogens is 612 g/mol. The average molecular weight is 656 g/mol. The summed E-state index contributed by atoms with van der Waals surface area (Å²) in [4.78, 5) is 39.3. The summed E-state index contributed by atoms with van der Waals surface area (Å²) in [6.07, 6.45) is 1.00. The number of carboxylic acid groups (broad SMARTS) is 1. The SMILES string of the molecule is CCC1=CC(C(=O)C(CCC2CC(C)(C)C2)CC(=O)c2c(Cl)cccc2Cl)=C(C(F)(F)F)CC1C1CCC(C(=O)O)C(C)C1. The second kappa shape index (κ2) is 13.7. The third kappa shape index (κ3) is 7.81. The van der Waals surface area contributed by atoms with Crippen molar-refractivity contribution in [3.8, 4) is 0 Å². The smallest absolute Gasteiger partial charge is 0.413 e. The molecule has 5 unspecified atom stereocenters. The number of carbonyl (C=O) groups is 3. The van der Waals surface area contributed by atoms with Crippen molar-refractivity contribution in [2.75, 3.05) is 0 Å². The van der Waals surface area contributed by atoms with Crippen molar-refractivity contribution >= 4 is 40.7 Å². The number of halogens is 5. The molecule has 1 aromatic carbocycles. The molecule has 0 bridgehead atoms. The minimum atomic E-state index is -4.72. The molecule has 1 N–H and O–H groups in total. The van der Waals surface area contributed by atoms with Crippen LogP contribution in [0, 0.1) is 40.9 Å². The van der Waals surface area contributed by atoms with Crippen molar-refractivity contribution in [1.29, 1.82) is 0 Å². The van der Waals surface area contributed by atoms with Crippen LogP contribution in [0.2, 0.25) is 10.0 Å². The standard InChI is InChI=1S/C35H43Cl2F3O4/c1-5-21-14-26(27(35(38,39)40)16-25(21)22-11-12-24(33(43)44)19(2)13-22)32(42)23(10-9-20-17-34(3,4)18-20)15-30(41)31-28(36)7-6-8-29(31)37/h6-8,14,19-20,22-25H,5,9-13,15-18H2,1-4H3,(H,43,44). The van der Waals surface area contributed by atoms with Gasteiger partial charge in [-0.05, 0) is 99.0 Å². The van der Waals surface area contributed by atoms with Crippen LogP contribution in [0.4, 0.5) is 13.2 Å². The lowest BCUT2D eigenvalue weighted by Crippen LogP contribution is -2.35. The Kier molecular flexibility index (Phi) is 10.8. The molecule has 4 nitrogen and oxygen atoms in total. The van der Waals surface area contributed by atoms with E-state index in [1.54, 1.807) is 6.07 Å². The first kappa shape index (κ1) is 34.7. The number of carboxylic acids is 1. The van der Waals surface area contributed by atoms with Gasteiger partial charge in [-0.25, -0.2) is 0 Å². The van der Waals surface area contributed by atoms with Crippen molar-refractivity contribution in [3.05, 3.63) is 56.6 Å². The van der Waals surface area contributed by atoms with Crippen LogP contribution in [-0.2, 0) is 9.59 Å². The highest BCUT2D eigenvalue weighted by Gasteiger charge is 2.46. The Balaban J connectivity index is 1.65. The largest absolute Gasteiger partial charge is 0.481 e. The van der Waals surface area contributed by atoms with Crippen LogP contribution in [0.5, 0.6) is 0 Å². The lowest BCUT2D eigenvalue weighted by molar-refractivity contribution is -0.145. The van der Waals surface area contributed by atoms with Gasteiger partial charge in [-0.15, -0.1) is 0 Å². The van der Waals surface area contributed by atoms with Gasteiger partial charge in [-0.2, -0.15) is 13.2 Å². The molecule has 0 spiro atoms. The summed E-state index contributed by atoms with van der Waals surface area (Å²) >= 11 is 12.6. The van der Waals surface area contributed by atoms with E-state index in [1.165, 1.54) is 18.2 Å². The minimum Gasteiger partial charge on any atom is -0.481 e. The quantitative estimate of drug-likeness (QED) is 0.241. The fraction of sp³-hybridized carbons (Fsp3) is 0.629. The first-order valence-electron chi connectivity index (χ1n) is 15.8. The third-order valence-electron chi connectivity index (χ3n) is 10.3. The fourth-order valence-corrected chi connectivity index (χ4v) is 8.72. The number of benzene rings is 1. The fourth-order valence-electron chi connectivity index (χ4n) is 8.11. The Morgan fingerprint density at radius 3 is 2.25 bits per heavy atom. The number of alkyl halides is 3. The van der Waals surface area contributed by atoms with Gasteiger partial charge >= 0.3 is 12.1 Å². The average Bonchev–Trinajstić information content (AvgIpc) is 2.92. The summed E-state index contributed by atoms with van der Waals surface area (Å²) in [6, 6.07) is 4.66. The van der Waals surface area contributed by atoms with Gasteiger partial charge in [-0.3, -0.25) is 14.4 Å². The Morgan fingerprint density at radius 2 is 1.73 bits per heavy atom. The van der Waals surface area contributed by atoms with Crippen molar-refractivity contribution in [2.24, 2.45) is 40.9 Å². The number of hydrogen-bond donors (Lipinski definition) is 1. The molecule has 4 rings (SSSR count). The molecule has 0 radical (unpaired) electrons. The van der Waals surface area contributed by atoms with E-state index < -0.39 is 47.0 Å². The van der Waals surface area contributed by atoms with Gasteiger partial charge in [0.25, 0.3) is 0 Å². The maximum absolute atomic E-state index is 14.7. The van der Waals surface area contributed by atoms with E-state index in [9.17, 15) is 32.7 Å². The van der Waals surface area contributed by atoms with Crippen LogP contribution < -0.4 is 0 Å². The molecule has 2 fully saturated rings. The monoisotopic (exact) mass is 654 g/mol. The van der Waals surface area contributed by atoms with Crippen molar-refractivity contribution in [3.63, 3.8) is 0 Å². The molecule has 0 saturated heterocycles. The molecule has 3 aliphatic carbocycles. The number of ketones is 2. The first-order valence-corrected chi connectivity index (χ1v) is 16.5. The van der Waals surface area contributed by atoms with Gasteiger partial charge in [0.1, 0.15) is 0 Å². The summed E-state index contributed by atoms with van der Waals surface area (Å²) in [7, 11) is 0. The van der Waals surface area contributed by atoms with E-state index in [-0.39, 0.29) is 51.3 Å². The molecule has 3 aliphatic rings. The number of Topliss-reactive ketones (excluding diaryl/α,β-unsaturated/α-hetero) is 2. The lowest BCUT2D eigenvalue weighted by atomic mass is 9.62. The highest BCUT2D eigenvalue weighted by Crippen LogP contribution is 2.50. The molecule has 0 amide bonds. The summed E-state index contributed by atoms with van der Waals surface area (Å²) in [5, 5.41) is 9.83. The minimum absolute atomic E-state index is 0.0861. The summed E-state index contributed by atoms with van der Waals surface area (Å²) < 4.78 is 44.1. The Bertz CT molecular complexity index is 1320. The summed E-state index contributed by atoms with van der Waals surface area (Å²) in [5.41, 5.74) is -0.101. The summed E-state index contributed by atoms with van der Waals surface area (Å²) in [5.74, 6) is -3.71. The van der Waals surface area contributed by atoms with E-state index in [4.69, 9.17) is 23.2 Å². The van der Waals surface area contributed by atoms with Gasteiger partial charge in [0.2, 0.25) is 0 Å². The molecule has 2 saturated carbocycles. The number of allylic oxidation sites excluding steroid dienone is 4. The summed E-state index contributed by atoms with van der Waals surface area (Å²) in [6.45, 7) is 8.07.